The fourth-order valence-corrected chi connectivity index (χ4v) is 2.84. The average Bonchev–Trinajstić information content (AvgIpc) is 2.99. The molecule has 0 saturated carbocycles. The van der Waals surface area contributed by atoms with Crippen molar-refractivity contribution in [3.05, 3.63) is 41.8 Å². The van der Waals surface area contributed by atoms with Gasteiger partial charge in [-0.1, -0.05) is 53.5 Å². The topological polar surface area (TPSA) is 46.9 Å². The van der Waals surface area contributed by atoms with Crippen LogP contribution in [0.4, 0.5) is 10.2 Å². The molecule has 142 valence electrons. The van der Waals surface area contributed by atoms with Crippen LogP contribution in [0, 0.1) is 11.7 Å². The van der Waals surface area contributed by atoms with Crippen molar-refractivity contribution < 1.29 is 9.18 Å². The first kappa shape index (κ1) is 20.1. The Kier molecular flexibility index (Phi) is 6.57. The molecule has 0 radical (unpaired) electrons. The highest BCUT2D eigenvalue weighted by Crippen LogP contribution is 2.27. The van der Waals surface area contributed by atoms with E-state index < -0.39 is 0 Å². The van der Waals surface area contributed by atoms with E-state index in [1.165, 1.54) is 12.1 Å². The zero-order valence-corrected chi connectivity index (χ0v) is 16.5. The van der Waals surface area contributed by atoms with E-state index in [-0.39, 0.29) is 23.1 Å². The van der Waals surface area contributed by atoms with Gasteiger partial charge in [-0.15, -0.1) is 0 Å². The maximum Gasteiger partial charge on any atom is 0.228 e. The van der Waals surface area contributed by atoms with Crippen LogP contribution < -0.4 is 5.32 Å². The van der Waals surface area contributed by atoms with Crippen molar-refractivity contribution in [2.45, 2.75) is 65.7 Å². The van der Waals surface area contributed by atoms with Crippen LogP contribution in [0.5, 0.6) is 0 Å². The van der Waals surface area contributed by atoms with Gasteiger partial charge in [0.1, 0.15) is 11.6 Å². The van der Waals surface area contributed by atoms with Gasteiger partial charge in [0.15, 0.2) is 0 Å². The molecule has 5 heteroatoms. The third kappa shape index (κ3) is 4.93. The number of benzene rings is 1. The molecule has 2 aromatic rings. The molecule has 0 fully saturated rings. The van der Waals surface area contributed by atoms with Gasteiger partial charge in [0, 0.05) is 17.4 Å². The van der Waals surface area contributed by atoms with Crippen molar-refractivity contribution in [2.75, 3.05) is 5.32 Å². The molecule has 0 saturated heterocycles. The fraction of sp³-hybridized carbons (Fsp3) is 0.524. The second kappa shape index (κ2) is 8.47. The molecular formula is C21H30FN3O. The zero-order chi connectivity index (χ0) is 19.3. The number of carbonyl (C=O) groups excluding carboxylic acids is 1. The van der Waals surface area contributed by atoms with E-state index in [9.17, 15) is 9.18 Å². The lowest BCUT2D eigenvalue weighted by atomic mass is 9.92. The third-order valence-electron chi connectivity index (χ3n) is 4.55. The van der Waals surface area contributed by atoms with Gasteiger partial charge in [0.25, 0.3) is 0 Å². The number of rotatable bonds is 7. The molecule has 2 rings (SSSR count). The fourth-order valence-electron chi connectivity index (χ4n) is 2.84. The minimum atomic E-state index is -0.332. The van der Waals surface area contributed by atoms with Gasteiger partial charge in [-0.05, 0) is 31.0 Å². The average molecular weight is 359 g/mol. The Balaban J connectivity index is 2.37. The Morgan fingerprint density at radius 1 is 1.27 bits per heavy atom. The number of halogens is 1. The minimum absolute atomic E-state index is 0.000961. The first-order valence-corrected chi connectivity index (χ1v) is 9.43. The van der Waals surface area contributed by atoms with Gasteiger partial charge in [0.05, 0.1) is 11.4 Å². The van der Waals surface area contributed by atoms with Crippen molar-refractivity contribution in [2.24, 2.45) is 5.92 Å². The molecular weight excluding hydrogens is 329 g/mol. The van der Waals surface area contributed by atoms with Gasteiger partial charge >= 0.3 is 0 Å². The number of nitrogens with zero attached hydrogens (tertiary/aromatic N) is 2. The summed E-state index contributed by atoms with van der Waals surface area (Å²) >= 11 is 0. The van der Waals surface area contributed by atoms with Crippen LogP contribution in [-0.2, 0) is 10.2 Å². The van der Waals surface area contributed by atoms with Crippen LogP contribution in [0.3, 0.4) is 0 Å². The molecule has 1 heterocycles. The number of carbonyl (C=O) groups is 1. The smallest absolute Gasteiger partial charge is 0.228 e. The summed E-state index contributed by atoms with van der Waals surface area (Å²) < 4.78 is 15.3. The van der Waals surface area contributed by atoms with Gasteiger partial charge in [-0.2, -0.15) is 5.10 Å². The summed E-state index contributed by atoms with van der Waals surface area (Å²) in [5, 5.41) is 7.65. The number of nitrogens with one attached hydrogen (secondary N) is 1. The molecule has 1 aromatic carbocycles. The summed E-state index contributed by atoms with van der Waals surface area (Å²) in [5.41, 5.74) is 1.26. The molecule has 0 aliphatic carbocycles. The Hall–Kier alpha value is -2.17. The number of amides is 1. The predicted octanol–water partition coefficient (Wildman–Crippen LogP) is 5.46. The van der Waals surface area contributed by atoms with Crippen molar-refractivity contribution in [1.29, 1.82) is 0 Å². The van der Waals surface area contributed by atoms with Crippen LogP contribution in [0.2, 0.25) is 0 Å². The van der Waals surface area contributed by atoms with E-state index >= 15 is 0 Å². The van der Waals surface area contributed by atoms with Crippen LogP contribution in [0.1, 0.15) is 66.0 Å². The quantitative estimate of drug-likeness (QED) is 0.713. The lowest BCUT2D eigenvalue weighted by molar-refractivity contribution is -0.120. The Labute approximate surface area is 155 Å². The molecule has 1 unspecified atom stereocenters. The second-order valence-electron chi connectivity index (χ2n) is 7.79. The Bertz CT molecular complexity index is 746. The summed E-state index contributed by atoms with van der Waals surface area (Å²) in [6.45, 7) is 10.3. The number of hydrogen-bond donors (Lipinski definition) is 1. The number of hydrogen-bond acceptors (Lipinski definition) is 2. The van der Waals surface area contributed by atoms with E-state index in [2.05, 4.69) is 38.1 Å². The van der Waals surface area contributed by atoms with E-state index in [0.717, 1.165) is 31.4 Å². The number of aromatic nitrogens is 2. The molecule has 4 nitrogen and oxygen atoms in total. The molecule has 26 heavy (non-hydrogen) atoms. The highest BCUT2D eigenvalue weighted by molar-refractivity contribution is 5.92. The number of unbranched alkanes of at least 4 members (excludes halogenated alkanes) is 1. The molecule has 0 bridgehead atoms. The first-order chi connectivity index (χ1) is 12.3. The molecule has 1 atom stereocenters. The molecule has 1 amide bonds. The molecule has 0 spiro atoms. The molecule has 1 aromatic heterocycles. The zero-order valence-electron chi connectivity index (χ0n) is 16.5. The maximum absolute atomic E-state index is 13.7. The van der Waals surface area contributed by atoms with Crippen molar-refractivity contribution >= 4 is 11.7 Å². The summed E-state index contributed by atoms with van der Waals surface area (Å²) in [7, 11) is 0. The summed E-state index contributed by atoms with van der Waals surface area (Å²) in [6, 6.07) is 8.13. The Morgan fingerprint density at radius 2 is 2.00 bits per heavy atom. The SMILES string of the molecule is CCCCC(CC)C(=O)Nc1cc(C(C)(C)C)nn1-c1cccc(F)c1. The van der Waals surface area contributed by atoms with Crippen LogP contribution in [0.25, 0.3) is 5.69 Å². The predicted molar refractivity (Wildman–Crippen MR) is 104 cm³/mol. The number of anilines is 1. The molecule has 1 N–H and O–H groups in total. The summed E-state index contributed by atoms with van der Waals surface area (Å²) in [4.78, 5) is 12.7. The summed E-state index contributed by atoms with van der Waals surface area (Å²) in [5.74, 6) is 0.227. The van der Waals surface area contributed by atoms with Crippen molar-refractivity contribution in [3.8, 4) is 5.69 Å². The van der Waals surface area contributed by atoms with E-state index in [1.807, 2.05) is 13.0 Å². The lowest BCUT2D eigenvalue weighted by Crippen LogP contribution is -2.23. The highest BCUT2D eigenvalue weighted by atomic mass is 19.1. The lowest BCUT2D eigenvalue weighted by Gasteiger charge is -2.15. The van der Waals surface area contributed by atoms with E-state index in [4.69, 9.17) is 0 Å². The maximum atomic E-state index is 13.7. The van der Waals surface area contributed by atoms with Gasteiger partial charge in [0.2, 0.25) is 5.91 Å². The van der Waals surface area contributed by atoms with Crippen LogP contribution >= 0.6 is 0 Å². The second-order valence-corrected chi connectivity index (χ2v) is 7.79. The summed E-state index contributed by atoms with van der Waals surface area (Å²) in [6.07, 6.45) is 3.77. The van der Waals surface area contributed by atoms with Crippen molar-refractivity contribution in [3.63, 3.8) is 0 Å². The van der Waals surface area contributed by atoms with Gasteiger partial charge in [-0.25, -0.2) is 9.07 Å². The molecule has 0 aliphatic rings. The monoisotopic (exact) mass is 359 g/mol. The van der Waals surface area contributed by atoms with Gasteiger partial charge < -0.3 is 5.32 Å². The standard InChI is InChI=1S/C21H30FN3O/c1-6-8-10-15(7-2)20(26)23-19-14-18(21(3,4)5)24-25(19)17-12-9-11-16(22)13-17/h9,11-15H,6-8,10H2,1-5H3,(H,23,26). The minimum Gasteiger partial charge on any atom is -0.310 e. The first-order valence-electron chi connectivity index (χ1n) is 9.43. The molecule has 0 aliphatic heterocycles. The highest BCUT2D eigenvalue weighted by Gasteiger charge is 2.23. The van der Waals surface area contributed by atoms with Crippen molar-refractivity contribution in [1.82, 2.24) is 9.78 Å². The normalized spacial score (nSPS) is 12.8. The van der Waals surface area contributed by atoms with E-state index in [1.54, 1.807) is 16.8 Å². The van der Waals surface area contributed by atoms with Gasteiger partial charge in [-0.3, -0.25) is 4.79 Å². The largest absolute Gasteiger partial charge is 0.310 e. The Morgan fingerprint density at radius 3 is 2.58 bits per heavy atom. The third-order valence-corrected chi connectivity index (χ3v) is 4.55. The van der Waals surface area contributed by atoms with E-state index in [0.29, 0.717) is 11.5 Å². The van der Waals surface area contributed by atoms with Crippen LogP contribution in [0.15, 0.2) is 30.3 Å². The van der Waals surface area contributed by atoms with Crippen LogP contribution in [-0.4, -0.2) is 15.7 Å².